The van der Waals surface area contributed by atoms with Crippen molar-refractivity contribution in [1.82, 2.24) is 20.4 Å². The molecule has 0 bridgehead atoms. The van der Waals surface area contributed by atoms with E-state index in [-0.39, 0.29) is 24.0 Å². The van der Waals surface area contributed by atoms with Gasteiger partial charge in [-0.3, -0.25) is 4.68 Å². The van der Waals surface area contributed by atoms with Crippen molar-refractivity contribution in [1.29, 1.82) is 0 Å². The van der Waals surface area contributed by atoms with E-state index >= 15 is 0 Å². The first kappa shape index (κ1) is 22.0. The van der Waals surface area contributed by atoms with Crippen LogP contribution in [0.1, 0.15) is 35.0 Å². The second-order valence-corrected chi connectivity index (χ2v) is 7.68. The molecule has 0 radical (unpaired) electrons. The Kier molecular flexibility index (Phi) is 9.48. The van der Waals surface area contributed by atoms with Crippen LogP contribution in [0.25, 0.3) is 0 Å². The number of guanidine groups is 1. The van der Waals surface area contributed by atoms with E-state index in [9.17, 15) is 0 Å². The van der Waals surface area contributed by atoms with E-state index < -0.39 is 0 Å². The number of thiophene rings is 1. The Morgan fingerprint density at radius 3 is 2.60 bits per heavy atom. The molecule has 0 spiro atoms. The number of aromatic nitrogens is 2. The summed E-state index contributed by atoms with van der Waals surface area (Å²) < 4.78 is 2.08. The predicted octanol–water partition coefficient (Wildman–Crippen LogP) is 3.88. The lowest BCUT2D eigenvalue weighted by Gasteiger charge is -2.16. The van der Waals surface area contributed by atoms with Gasteiger partial charge in [0.2, 0.25) is 0 Å². The van der Waals surface area contributed by atoms with E-state index in [0.717, 1.165) is 37.8 Å². The average Bonchev–Trinajstić information content (AvgIpc) is 3.07. The molecule has 140 valence electrons. The third kappa shape index (κ3) is 7.35. The van der Waals surface area contributed by atoms with E-state index in [4.69, 9.17) is 0 Å². The zero-order valence-electron chi connectivity index (χ0n) is 15.8. The molecule has 2 rings (SSSR count). The van der Waals surface area contributed by atoms with Crippen molar-refractivity contribution < 1.29 is 0 Å². The van der Waals surface area contributed by atoms with Crippen molar-refractivity contribution in [3.8, 4) is 0 Å². The summed E-state index contributed by atoms with van der Waals surface area (Å²) >= 11 is 1.80. The molecular weight excluding hydrogens is 445 g/mol. The summed E-state index contributed by atoms with van der Waals surface area (Å²) in [4.78, 5) is 7.30. The summed E-state index contributed by atoms with van der Waals surface area (Å²) in [5.74, 6) is 1.35. The molecule has 7 heteroatoms. The minimum atomic E-state index is 0. The first-order valence-electron chi connectivity index (χ1n) is 8.56. The normalized spacial score (nSPS) is 12.6. The summed E-state index contributed by atoms with van der Waals surface area (Å²) in [5, 5.41) is 11.3. The van der Waals surface area contributed by atoms with Crippen molar-refractivity contribution >= 4 is 41.3 Å². The van der Waals surface area contributed by atoms with E-state index in [1.165, 1.54) is 15.4 Å². The standard InChI is InChI=1S/C18H29N5S.HI/c1-6-19-18(21-11-17-8-7-16(5)24-17)20-10-13(2)12-23-15(4)9-14(3)22-23;/h7-9,13H,6,10-12H2,1-5H3,(H2,19,20,21);1H. The van der Waals surface area contributed by atoms with Crippen LogP contribution in [0.3, 0.4) is 0 Å². The van der Waals surface area contributed by atoms with Crippen molar-refractivity contribution in [3.63, 3.8) is 0 Å². The molecule has 0 aliphatic rings. The average molecular weight is 475 g/mol. The van der Waals surface area contributed by atoms with Gasteiger partial charge in [-0.25, -0.2) is 4.99 Å². The van der Waals surface area contributed by atoms with Crippen LogP contribution in [0, 0.1) is 26.7 Å². The lowest BCUT2D eigenvalue weighted by atomic mass is 10.2. The smallest absolute Gasteiger partial charge is 0.191 e. The van der Waals surface area contributed by atoms with Crippen LogP contribution < -0.4 is 10.6 Å². The number of aliphatic imine (C=N–C) groups is 1. The molecule has 25 heavy (non-hydrogen) atoms. The van der Waals surface area contributed by atoms with Gasteiger partial charge in [0, 0.05) is 35.1 Å². The molecule has 0 aliphatic carbocycles. The van der Waals surface area contributed by atoms with Gasteiger partial charge in [0.15, 0.2) is 5.96 Å². The Bertz CT molecular complexity index is 677. The maximum atomic E-state index is 4.68. The van der Waals surface area contributed by atoms with Crippen LogP contribution in [0.2, 0.25) is 0 Å². The van der Waals surface area contributed by atoms with Crippen LogP contribution in [0.5, 0.6) is 0 Å². The molecule has 0 aromatic carbocycles. The molecule has 1 unspecified atom stereocenters. The Hall–Kier alpha value is -1.09. The molecule has 0 saturated carbocycles. The summed E-state index contributed by atoms with van der Waals surface area (Å²) in [5.41, 5.74) is 2.29. The second kappa shape index (κ2) is 10.8. The zero-order valence-corrected chi connectivity index (χ0v) is 18.9. The molecule has 2 aromatic rings. The zero-order chi connectivity index (χ0) is 17.5. The number of nitrogens with zero attached hydrogens (tertiary/aromatic N) is 3. The van der Waals surface area contributed by atoms with Crippen LogP contribution in [0.15, 0.2) is 23.2 Å². The Labute approximate surface area is 172 Å². The number of nitrogens with one attached hydrogen (secondary N) is 2. The van der Waals surface area contributed by atoms with Crippen LogP contribution in [0.4, 0.5) is 0 Å². The highest BCUT2D eigenvalue weighted by Crippen LogP contribution is 2.15. The Morgan fingerprint density at radius 1 is 1.28 bits per heavy atom. The van der Waals surface area contributed by atoms with Gasteiger partial charge in [-0.15, -0.1) is 35.3 Å². The van der Waals surface area contributed by atoms with Gasteiger partial charge in [0.1, 0.15) is 0 Å². The van der Waals surface area contributed by atoms with Gasteiger partial charge in [-0.1, -0.05) is 6.92 Å². The molecule has 2 aromatic heterocycles. The first-order chi connectivity index (χ1) is 11.5. The minimum Gasteiger partial charge on any atom is -0.357 e. The largest absolute Gasteiger partial charge is 0.357 e. The third-order valence-corrected chi connectivity index (χ3v) is 4.72. The monoisotopic (exact) mass is 475 g/mol. The molecule has 1 atom stereocenters. The fourth-order valence-electron chi connectivity index (χ4n) is 2.56. The predicted molar refractivity (Wildman–Crippen MR) is 118 cm³/mol. The van der Waals surface area contributed by atoms with Crippen LogP contribution in [-0.2, 0) is 13.1 Å². The van der Waals surface area contributed by atoms with Crippen molar-refractivity contribution in [3.05, 3.63) is 39.3 Å². The maximum Gasteiger partial charge on any atom is 0.191 e. The molecule has 5 nitrogen and oxygen atoms in total. The summed E-state index contributed by atoms with van der Waals surface area (Å²) in [7, 11) is 0. The highest BCUT2D eigenvalue weighted by atomic mass is 127. The van der Waals surface area contributed by atoms with Gasteiger partial charge >= 0.3 is 0 Å². The molecule has 0 saturated heterocycles. The van der Waals surface area contributed by atoms with Crippen molar-refractivity contribution in [2.24, 2.45) is 10.9 Å². The number of aryl methyl sites for hydroxylation is 3. The van der Waals surface area contributed by atoms with Crippen LogP contribution in [-0.4, -0.2) is 28.8 Å². The highest BCUT2D eigenvalue weighted by Gasteiger charge is 2.08. The lowest BCUT2D eigenvalue weighted by molar-refractivity contribution is 0.436. The van der Waals surface area contributed by atoms with E-state index in [1.54, 1.807) is 11.3 Å². The van der Waals surface area contributed by atoms with E-state index in [1.807, 2.05) is 6.92 Å². The molecule has 0 aliphatic heterocycles. The lowest BCUT2D eigenvalue weighted by Crippen LogP contribution is -2.40. The molecule has 0 amide bonds. The number of hydrogen-bond acceptors (Lipinski definition) is 3. The number of halogens is 1. The van der Waals surface area contributed by atoms with Crippen molar-refractivity contribution in [2.45, 2.75) is 47.7 Å². The molecule has 2 N–H and O–H groups in total. The molecular formula is C18H30IN5S. The SMILES string of the molecule is CCNC(=NCc1ccc(C)s1)NCC(C)Cn1nc(C)cc1C.I. The van der Waals surface area contributed by atoms with Gasteiger partial charge in [-0.2, -0.15) is 5.10 Å². The van der Waals surface area contributed by atoms with Crippen LogP contribution >= 0.6 is 35.3 Å². The van der Waals surface area contributed by atoms with Crippen molar-refractivity contribution in [2.75, 3.05) is 13.1 Å². The van der Waals surface area contributed by atoms with E-state index in [0.29, 0.717) is 5.92 Å². The van der Waals surface area contributed by atoms with Gasteiger partial charge in [0.25, 0.3) is 0 Å². The number of hydrogen-bond donors (Lipinski definition) is 2. The highest BCUT2D eigenvalue weighted by molar-refractivity contribution is 14.0. The molecule has 0 fully saturated rings. The Balaban J connectivity index is 0.00000312. The number of rotatable bonds is 7. The topological polar surface area (TPSA) is 54.2 Å². The minimum absolute atomic E-state index is 0. The fourth-order valence-corrected chi connectivity index (χ4v) is 3.37. The fraction of sp³-hybridized carbons (Fsp3) is 0.556. The summed E-state index contributed by atoms with van der Waals surface area (Å²) in [6.45, 7) is 14.0. The summed E-state index contributed by atoms with van der Waals surface area (Å²) in [6.07, 6.45) is 0. The Morgan fingerprint density at radius 2 is 2.04 bits per heavy atom. The second-order valence-electron chi connectivity index (χ2n) is 6.30. The third-order valence-electron chi connectivity index (χ3n) is 3.74. The van der Waals surface area contributed by atoms with E-state index in [2.05, 4.69) is 71.3 Å². The van der Waals surface area contributed by atoms with Gasteiger partial charge in [0.05, 0.1) is 12.2 Å². The maximum absolute atomic E-state index is 4.68. The summed E-state index contributed by atoms with van der Waals surface area (Å²) in [6, 6.07) is 6.42. The quantitative estimate of drug-likeness (QED) is 0.363. The van der Waals surface area contributed by atoms with Gasteiger partial charge < -0.3 is 10.6 Å². The van der Waals surface area contributed by atoms with Gasteiger partial charge in [-0.05, 0) is 51.8 Å². The first-order valence-corrected chi connectivity index (χ1v) is 9.38. The molecule has 2 heterocycles.